The highest BCUT2D eigenvalue weighted by atomic mass is 19.1. The number of halogens is 1. The number of fused-ring (bicyclic) bond motifs is 1. The van der Waals surface area contributed by atoms with Crippen LogP contribution in [-0.2, 0) is 16.1 Å². The number of nitrogens with one attached hydrogen (secondary N) is 2. The maximum absolute atomic E-state index is 14.4. The van der Waals surface area contributed by atoms with E-state index in [2.05, 4.69) is 20.6 Å². The van der Waals surface area contributed by atoms with Crippen molar-refractivity contribution in [2.75, 3.05) is 18.5 Å². The largest absolute Gasteiger partial charge is 0.461 e. The smallest absolute Gasteiger partial charge is 0.338 e. The zero-order valence-corrected chi connectivity index (χ0v) is 23.6. The number of esters is 1. The number of carbonyl (C=O) groups is 2. The summed E-state index contributed by atoms with van der Waals surface area (Å²) in [5, 5.41) is 11.5. The van der Waals surface area contributed by atoms with Gasteiger partial charge in [0.2, 0.25) is 5.91 Å². The van der Waals surface area contributed by atoms with E-state index in [1.54, 1.807) is 12.4 Å². The van der Waals surface area contributed by atoms with Crippen molar-refractivity contribution in [2.24, 2.45) is 0 Å². The number of carbonyl (C=O) groups excluding carboxylic acids is 2. The van der Waals surface area contributed by atoms with E-state index in [0.717, 1.165) is 39.9 Å². The number of para-hydroxylation sites is 1. The van der Waals surface area contributed by atoms with Crippen molar-refractivity contribution in [2.45, 2.75) is 33.4 Å². The first kappa shape index (κ1) is 28.6. The van der Waals surface area contributed by atoms with Gasteiger partial charge in [0.1, 0.15) is 24.7 Å². The van der Waals surface area contributed by atoms with Crippen LogP contribution in [0.4, 0.5) is 10.1 Å². The topological polar surface area (TPSA) is 111 Å². The molecule has 3 heterocycles. The van der Waals surface area contributed by atoms with E-state index >= 15 is 0 Å². The Hall–Kier alpha value is -4.96. The van der Waals surface area contributed by atoms with Crippen molar-refractivity contribution in [3.63, 3.8) is 0 Å². The van der Waals surface area contributed by atoms with Gasteiger partial charge in [-0.15, -0.1) is 0 Å². The third-order valence-corrected chi connectivity index (χ3v) is 6.44. The lowest BCUT2D eigenvalue weighted by molar-refractivity contribution is -0.116. The highest BCUT2D eigenvalue weighted by molar-refractivity contribution is 5.98. The number of aryl methyl sites for hydroxylation is 1. The summed E-state index contributed by atoms with van der Waals surface area (Å²) in [6, 6.07) is 19.3. The van der Waals surface area contributed by atoms with Crippen LogP contribution in [0.5, 0.6) is 0 Å². The van der Waals surface area contributed by atoms with Gasteiger partial charge in [0.25, 0.3) is 0 Å². The molecule has 10 heteroatoms. The van der Waals surface area contributed by atoms with Crippen LogP contribution < -0.4 is 10.6 Å². The summed E-state index contributed by atoms with van der Waals surface area (Å²) in [6.45, 7) is 6.33. The molecule has 3 aromatic heterocycles. The van der Waals surface area contributed by atoms with E-state index in [0.29, 0.717) is 17.9 Å². The van der Waals surface area contributed by atoms with Crippen molar-refractivity contribution in [1.82, 2.24) is 25.1 Å². The predicted molar refractivity (Wildman–Crippen MR) is 159 cm³/mol. The second-order valence-corrected chi connectivity index (χ2v) is 10.2. The van der Waals surface area contributed by atoms with Crippen molar-refractivity contribution < 1.29 is 18.7 Å². The summed E-state index contributed by atoms with van der Waals surface area (Å²) in [4.78, 5) is 34.6. The standard InChI is InChI=1S/C32H31FN6O3/c1-20(2)34-13-14-42-32(41)22-15-23(33)17-24(16-22)37-30(40)19-39-18-27(31(38-39)29-10-6-7-21(3)36-29)25-11-12-35-28-9-5-4-8-26(25)28/h4-12,15-18,20,34H,13-14,19H2,1-3H3,(H,37,40). The quantitative estimate of drug-likeness (QED) is 0.172. The number of nitrogens with zero attached hydrogens (tertiary/aromatic N) is 4. The van der Waals surface area contributed by atoms with Crippen molar-refractivity contribution >= 4 is 28.5 Å². The lowest BCUT2D eigenvalue weighted by atomic mass is 10.0. The normalized spacial score (nSPS) is 11.2. The van der Waals surface area contributed by atoms with E-state index in [9.17, 15) is 14.0 Å². The van der Waals surface area contributed by atoms with Gasteiger partial charge in [0, 0.05) is 47.3 Å². The minimum atomic E-state index is -0.674. The van der Waals surface area contributed by atoms with Crippen LogP contribution in [0.3, 0.4) is 0 Å². The average molecular weight is 567 g/mol. The molecule has 2 aromatic carbocycles. The number of anilines is 1. The number of pyridine rings is 2. The molecular weight excluding hydrogens is 535 g/mol. The molecule has 1 amide bonds. The number of amides is 1. The first-order chi connectivity index (χ1) is 20.3. The fourth-order valence-electron chi connectivity index (χ4n) is 4.60. The van der Waals surface area contributed by atoms with Gasteiger partial charge in [0.15, 0.2) is 0 Å². The Bertz CT molecular complexity index is 1740. The van der Waals surface area contributed by atoms with E-state index < -0.39 is 17.7 Å². The molecule has 0 saturated heterocycles. The molecular formula is C32H31FN6O3. The molecule has 0 aliphatic carbocycles. The molecule has 42 heavy (non-hydrogen) atoms. The second kappa shape index (κ2) is 12.7. The Morgan fingerprint density at radius 2 is 1.86 bits per heavy atom. The fourth-order valence-corrected chi connectivity index (χ4v) is 4.60. The molecule has 0 fully saturated rings. The van der Waals surface area contributed by atoms with E-state index in [-0.39, 0.29) is 30.4 Å². The van der Waals surface area contributed by atoms with E-state index in [1.165, 1.54) is 10.7 Å². The van der Waals surface area contributed by atoms with E-state index in [1.807, 2.05) is 69.3 Å². The number of hydrogen-bond donors (Lipinski definition) is 2. The third-order valence-electron chi connectivity index (χ3n) is 6.44. The van der Waals surface area contributed by atoms with Crippen LogP contribution in [-0.4, -0.2) is 50.8 Å². The zero-order valence-electron chi connectivity index (χ0n) is 23.6. The Labute approximate surface area is 242 Å². The first-order valence-corrected chi connectivity index (χ1v) is 13.6. The maximum atomic E-state index is 14.4. The summed E-state index contributed by atoms with van der Waals surface area (Å²) in [6.07, 6.45) is 3.53. The van der Waals surface area contributed by atoms with Crippen molar-refractivity contribution in [3.8, 4) is 22.5 Å². The number of rotatable bonds is 10. The Morgan fingerprint density at radius 3 is 2.67 bits per heavy atom. The summed E-state index contributed by atoms with van der Waals surface area (Å²) in [7, 11) is 0. The van der Waals surface area contributed by atoms with E-state index in [4.69, 9.17) is 9.84 Å². The van der Waals surface area contributed by atoms with Gasteiger partial charge in [-0.05, 0) is 55.0 Å². The number of ether oxygens (including phenoxy) is 1. The molecule has 9 nitrogen and oxygen atoms in total. The molecule has 0 spiro atoms. The SMILES string of the molecule is Cc1cccc(-c2nn(CC(=O)Nc3cc(F)cc(C(=O)OCCNC(C)C)c3)cc2-c2ccnc3ccccc23)n1. The van der Waals surface area contributed by atoms with Gasteiger partial charge in [-0.2, -0.15) is 5.10 Å². The number of aromatic nitrogens is 4. The molecule has 0 saturated carbocycles. The summed E-state index contributed by atoms with van der Waals surface area (Å²) >= 11 is 0. The zero-order chi connectivity index (χ0) is 29.6. The molecule has 5 aromatic rings. The van der Waals surface area contributed by atoms with Crippen LogP contribution in [0.2, 0.25) is 0 Å². The molecule has 0 unspecified atom stereocenters. The van der Waals surface area contributed by atoms with Crippen LogP contribution in [0.25, 0.3) is 33.4 Å². The molecule has 5 rings (SSSR count). The number of hydrogen-bond acceptors (Lipinski definition) is 7. The molecule has 0 atom stereocenters. The Kier molecular flexibility index (Phi) is 8.63. The van der Waals surface area contributed by atoms with Crippen molar-refractivity contribution in [3.05, 3.63) is 96.2 Å². The fraction of sp³-hybridized carbons (Fsp3) is 0.219. The van der Waals surface area contributed by atoms with Crippen LogP contribution in [0.15, 0.2) is 79.1 Å². The molecule has 0 aliphatic rings. The minimum absolute atomic E-state index is 0.00796. The number of benzene rings is 2. The minimum Gasteiger partial charge on any atom is -0.461 e. The maximum Gasteiger partial charge on any atom is 0.338 e. The molecule has 214 valence electrons. The third kappa shape index (κ3) is 6.84. The Morgan fingerprint density at radius 1 is 1.02 bits per heavy atom. The first-order valence-electron chi connectivity index (χ1n) is 13.6. The highest BCUT2D eigenvalue weighted by Crippen LogP contribution is 2.34. The van der Waals surface area contributed by atoms with Gasteiger partial charge in [-0.3, -0.25) is 19.4 Å². The lowest BCUT2D eigenvalue weighted by Crippen LogP contribution is -2.27. The summed E-state index contributed by atoms with van der Waals surface area (Å²) < 4.78 is 21.1. The predicted octanol–water partition coefficient (Wildman–Crippen LogP) is 5.40. The summed E-state index contributed by atoms with van der Waals surface area (Å²) in [5.74, 6) is -1.79. The molecule has 0 radical (unpaired) electrons. The summed E-state index contributed by atoms with van der Waals surface area (Å²) in [5.41, 5.74) is 4.80. The second-order valence-electron chi connectivity index (χ2n) is 10.2. The molecule has 0 aliphatic heterocycles. The highest BCUT2D eigenvalue weighted by Gasteiger charge is 2.19. The van der Waals surface area contributed by atoms with Gasteiger partial charge in [0.05, 0.1) is 16.8 Å². The van der Waals surface area contributed by atoms with Gasteiger partial charge < -0.3 is 15.4 Å². The van der Waals surface area contributed by atoms with Crippen molar-refractivity contribution in [1.29, 1.82) is 0 Å². The Balaban J connectivity index is 1.39. The van der Waals surface area contributed by atoms with Crippen LogP contribution in [0, 0.1) is 12.7 Å². The lowest BCUT2D eigenvalue weighted by Gasteiger charge is -2.10. The van der Waals surface area contributed by atoms with Gasteiger partial charge in [-0.1, -0.05) is 38.1 Å². The van der Waals surface area contributed by atoms with Crippen LogP contribution >= 0.6 is 0 Å². The monoisotopic (exact) mass is 566 g/mol. The average Bonchev–Trinajstić information content (AvgIpc) is 3.37. The molecule has 2 N–H and O–H groups in total. The van der Waals surface area contributed by atoms with Crippen LogP contribution in [0.1, 0.15) is 29.9 Å². The van der Waals surface area contributed by atoms with Gasteiger partial charge in [-0.25, -0.2) is 9.18 Å². The van der Waals surface area contributed by atoms with Gasteiger partial charge >= 0.3 is 5.97 Å². The molecule has 0 bridgehead atoms.